The van der Waals surface area contributed by atoms with E-state index in [0.717, 1.165) is 21.5 Å². The lowest BCUT2D eigenvalue weighted by molar-refractivity contribution is -0.119. The number of hydrogen-bond acceptors (Lipinski definition) is 5. The predicted molar refractivity (Wildman–Crippen MR) is 107 cm³/mol. The van der Waals surface area contributed by atoms with E-state index in [-0.39, 0.29) is 12.5 Å². The van der Waals surface area contributed by atoms with Gasteiger partial charge in [0.25, 0.3) is 5.91 Å². The molecule has 0 aliphatic rings. The lowest BCUT2D eigenvalue weighted by atomic mass is 10.2. The number of benzene rings is 2. The number of aryl methyl sites for hydroxylation is 1. The van der Waals surface area contributed by atoms with E-state index in [1.807, 2.05) is 55.5 Å². The largest absolute Gasteiger partial charge is 0.352 e. The molecule has 0 aliphatic carbocycles. The molecule has 1 amide bonds. The molecule has 3 rings (SSSR count). The van der Waals surface area contributed by atoms with Crippen molar-refractivity contribution >= 4 is 55.6 Å². The SMILES string of the molecule is Cc1ccccc1NC(=S)NNC(=O)CNc1nc2ccccc2s1. The van der Waals surface area contributed by atoms with E-state index in [1.165, 1.54) is 11.3 Å². The second kappa shape index (κ2) is 7.91. The minimum Gasteiger partial charge on any atom is -0.352 e. The van der Waals surface area contributed by atoms with Crippen LogP contribution >= 0.6 is 23.6 Å². The summed E-state index contributed by atoms with van der Waals surface area (Å²) in [5.74, 6) is -0.242. The number of para-hydroxylation sites is 2. The molecule has 0 atom stereocenters. The summed E-state index contributed by atoms with van der Waals surface area (Å²) in [7, 11) is 0. The molecule has 0 saturated heterocycles. The molecule has 0 fully saturated rings. The number of nitrogens with zero attached hydrogens (tertiary/aromatic N) is 1. The van der Waals surface area contributed by atoms with Gasteiger partial charge in [-0.2, -0.15) is 0 Å². The Morgan fingerprint density at radius 2 is 1.88 bits per heavy atom. The van der Waals surface area contributed by atoms with Gasteiger partial charge in [-0.1, -0.05) is 41.7 Å². The molecule has 1 aromatic heterocycles. The lowest BCUT2D eigenvalue weighted by Crippen LogP contribution is -2.45. The number of aromatic nitrogens is 1. The molecule has 0 saturated carbocycles. The second-order valence-electron chi connectivity index (χ2n) is 5.28. The molecule has 0 spiro atoms. The van der Waals surface area contributed by atoms with Crippen LogP contribution in [0.4, 0.5) is 10.8 Å². The van der Waals surface area contributed by atoms with E-state index < -0.39 is 0 Å². The summed E-state index contributed by atoms with van der Waals surface area (Å²) in [5, 5.41) is 7.07. The molecule has 0 bridgehead atoms. The van der Waals surface area contributed by atoms with Gasteiger partial charge < -0.3 is 10.6 Å². The molecule has 6 nitrogen and oxygen atoms in total. The van der Waals surface area contributed by atoms with Crippen LogP contribution in [0.1, 0.15) is 5.56 Å². The fourth-order valence-corrected chi connectivity index (χ4v) is 3.16. The summed E-state index contributed by atoms with van der Waals surface area (Å²) in [6, 6.07) is 15.6. The van der Waals surface area contributed by atoms with Crippen molar-refractivity contribution in [3.63, 3.8) is 0 Å². The summed E-state index contributed by atoms with van der Waals surface area (Å²) in [5.41, 5.74) is 8.10. The predicted octanol–water partition coefficient (Wildman–Crippen LogP) is 3.03. The maximum Gasteiger partial charge on any atom is 0.257 e. The summed E-state index contributed by atoms with van der Waals surface area (Å²) in [4.78, 5) is 16.3. The summed E-state index contributed by atoms with van der Waals surface area (Å²) in [6.45, 7) is 2.07. The van der Waals surface area contributed by atoms with Crippen LogP contribution in [0.5, 0.6) is 0 Å². The zero-order valence-electron chi connectivity index (χ0n) is 13.5. The van der Waals surface area contributed by atoms with Gasteiger partial charge in [0.1, 0.15) is 0 Å². The highest BCUT2D eigenvalue weighted by molar-refractivity contribution is 7.80. The third kappa shape index (κ3) is 4.65. The first kappa shape index (κ1) is 17.1. The molecule has 8 heteroatoms. The maximum absolute atomic E-state index is 11.9. The van der Waals surface area contributed by atoms with Crippen LogP contribution in [0.2, 0.25) is 0 Å². The number of rotatable bonds is 4. The Balaban J connectivity index is 1.44. The third-order valence-electron chi connectivity index (χ3n) is 3.40. The van der Waals surface area contributed by atoms with Crippen molar-refractivity contribution in [3.8, 4) is 0 Å². The number of hydrogen-bond donors (Lipinski definition) is 4. The van der Waals surface area contributed by atoms with Crippen molar-refractivity contribution in [3.05, 3.63) is 54.1 Å². The quantitative estimate of drug-likeness (QED) is 0.417. The summed E-state index contributed by atoms with van der Waals surface area (Å²) in [6.07, 6.45) is 0. The van der Waals surface area contributed by atoms with Gasteiger partial charge in [0.05, 0.1) is 16.8 Å². The molecule has 2 aromatic carbocycles. The number of nitrogens with one attached hydrogen (secondary N) is 4. The van der Waals surface area contributed by atoms with Crippen molar-refractivity contribution < 1.29 is 4.79 Å². The van der Waals surface area contributed by atoms with Crippen molar-refractivity contribution in [1.29, 1.82) is 0 Å². The van der Waals surface area contributed by atoms with Crippen molar-refractivity contribution in [1.82, 2.24) is 15.8 Å². The van der Waals surface area contributed by atoms with Crippen LogP contribution in [0, 0.1) is 6.92 Å². The maximum atomic E-state index is 11.9. The molecule has 0 aliphatic heterocycles. The minimum atomic E-state index is -0.242. The Labute approximate surface area is 154 Å². The van der Waals surface area contributed by atoms with Gasteiger partial charge in [0.15, 0.2) is 10.2 Å². The standard InChI is InChI=1S/C17H17N5OS2/c1-11-6-2-3-7-12(11)19-16(24)22-21-15(23)10-18-17-20-13-8-4-5-9-14(13)25-17/h2-9H,10H2,1H3,(H,18,20)(H,21,23)(H2,19,22,24). The van der Waals surface area contributed by atoms with E-state index in [0.29, 0.717) is 10.2 Å². The van der Waals surface area contributed by atoms with Crippen molar-refractivity contribution in [2.24, 2.45) is 0 Å². The van der Waals surface area contributed by atoms with Crippen LogP contribution in [-0.4, -0.2) is 22.5 Å². The Morgan fingerprint density at radius 1 is 1.12 bits per heavy atom. The normalized spacial score (nSPS) is 10.3. The zero-order valence-corrected chi connectivity index (χ0v) is 15.1. The monoisotopic (exact) mass is 371 g/mol. The van der Waals surface area contributed by atoms with Gasteiger partial charge in [-0.15, -0.1) is 0 Å². The summed E-state index contributed by atoms with van der Waals surface area (Å²) >= 11 is 6.67. The smallest absolute Gasteiger partial charge is 0.257 e. The van der Waals surface area contributed by atoms with Crippen LogP contribution in [0.3, 0.4) is 0 Å². The Bertz CT molecular complexity index is 876. The van der Waals surface area contributed by atoms with Crippen LogP contribution < -0.4 is 21.5 Å². The first-order chi connectivity index (χ1) is 12.1. The van der Waals surface area contributed by atoms with Crippen LogP contribution in [0.25, 0.3) is 10.2 Å². The highest BCUT2D eigenvalue weighted by atomic mass is 32.1. The third-order valence-corrected chi connectivity index (χ3v) is 4.60. The van der Waals surface area contributed by atoms with Gasteiger partial charge in [-0.3, -0.25) is 15.6 Å². The molecular formula is C17H17N5OS2. The molecule has 128 valence electrons. The number of hydrazine groups is 1. The number of thiazole rings is 1. The second-order valence-corrected chi connectivity index (χ2v) is 6.72. The number of thiocarbonyl (C=S) groups is 1. The highest BCUT2D eigenvalue weighted by Gasteiger charge is 2.06. The average Bonchev–Trinajstić information content (AvgIpc) is 3.03. The highest BCUT2D eigenvalue weighted by Crippen LogP contribution is 2.24. The van der Waals surface area contributed by atoms with E-state index in [2.05, 4.69) is 26.5 Å². The molecule has 3 aromatic rings. The van der Waals surface area contributed by atoms with E-state index in [1.54, 1.807) is 0 Å². The lowest BCUT2D eigenvalue weighted by Gasteiger charge is -2.13. The molecule has 0 radical (unpaired) electrons. The molecular weight excluding hydrogens is 354 g/mol. The zero-order chi connectivity index (χ0) is 17.6. The van der Waals surface area contributed by atoms with E-state index >= 15 is 0 Å². The first-order valence-corrected chi connectivity index (χ1v) is 8.85. The fraction of sp³-hybridized carbons (Fsp3) is 0.118. The van der Waals surface area contributed by atoms with Gasteiger partial charge in [-0.05, 0) is 42.9 Å². The first-order valence-electron chi connectivity index (χ1n) is 7.63. The number of anilines is 2. The van der Waals surface area contributed by atoms with E-state index in [4.69, 9.17) is 12.2 Å². The number of carbonyl (C=O) groups excluding carboxylic acids is 1. The van der Waals surface area contributed by atoms with E-state index in [9.17, 15) is 4.79 Å². The van der Waals surface area contributed by atoms with Crippen LogP contribution in [-0.2, 0) is 4.79 Å². The Kier molecular flexibility index (Phi) is 5.42. The molecule has 1 heterocycles. The number of fused-ring (bicyclic) bond motifs is 1. The van der Waals surface area contributed by atoms with Gasteiger partial charge in [-0.25, -0.2) is 4.98 Å². The van der Waals surface area contributed by atoms with Crippen molar-refractivity contribution in [2.45, 2.75) is 6.92 Å². The minimum absolute atomic E-state index is 0.0970. The molecule has 4 N–H and O–H groups in total. The van der Waals surface area contributed by atoms with Crippen LogP contribution in [0.15, 0.2) is 48.5 Å². The fourth-order valence-electron chi connectivity index (χ4n) is 2.14. The molecule has 25 heavy (non-hydrogen) atoms. The molecule has 0 unspecified atom stereocenters. The van der Waals surface area contributed by atoms with Gasteiger partial charge in [0.2, 0.25) is 0 Å². The van der Waals surface area contributed by atoms with Gasteiger partial charge >= 0.3 is 0 Å². The average molecular weight is 371 g/mol. The number of carbonyl (C=O) groups is 1. The van der Waals surface area contributed by atoms with Crippen molar-refractivity contribution in [2.75, 3.05) is 17.2 Å². The van der Waals surface area contributed by atoms with Gasteiger partial charge in [0, 0.05) is 5.69 Å². The number of amides is 1. The Morgan fingerprint density at radius 3 is 2.68 bits per heavy atom. The summed E-state index contributed by atoms with van der Waals surface area (Å²) < 4.78 is 1.08. The topological polar surface area (TPSA) is 78.1 Å². The Hall–Kier alpha value is -2.71.